The van der Waals surface area contributed by atoms with E-state index >= 15 is 0 Å². The average molecular weight is 276 g/mol. The molecule has 20 heavy (non-hydrogen) atoms. The third-order valence-electron chi connectivity index (χ3n) is 2.83. The van der Waals surface area contributed by atoms with Gasteiger partial charge in [0.15, 0.2) is 6.10 Å². The molecule has 0 saturated carbocycles. The zero-order chi connectivity index (χ0) is 15.2. The van der Waals surface area contributed by atoms with Gasteiger partial charge in [0, 0.05) is 18.6 Å². The minimum Gasteiger partial charge on any atom is -0.481 e. The van der Waals surface area contributed by atoms with Crippen molar-refractivity contribution in [1.29, 1.82) is 5.26 Å². The van der Waals surface area contributed by atoms with Gasteiger partial charge < -0.3 is 15.2 Å². The first-order valence-electron chi connectivity index (χ1n) is 6.43. The highest BCUT2D eigenvalue weighted by Crippen LogP contribution is 2.14. The summed E-state index contributed by atoms with van der Waals surface area (Å²) in [6, 6.07) is 8.59. The van der Waals surface area contributed by atoms with Gasteiger partial charge in [-0.05, 0) is 31.2 Å². The molecule has 1 rings (SSSR count). The summed E-state index contributed by atoms with van der Waals surface area (Å²) in [7, 11) is 0. The van der Waals surface area contributed by atoms with Gasteiger partial charge in [-0.3, -0.25) is 4.79 Å². The Morgan fingerprint density at radius 3 is 2.55 bits per heavy atom. The summed E-state index contributed by atoms with van der Waals surface area (Å²) < 4.78 is 5.49. The summed E-state index contributed by atoms with van der Waals surface area (Å²) in [4.78, 5) is 11.9. The largest absolute Gasteiger partial charge is 0.481 e. The molecule has 0 aliphatic rings. The Labute approximate surface area is 119 Å². The fourth-order valence-corrected chi connectivity index (χ4v) is 1.39. The standard InChI is InChI=1S/C15H20N2O3/c1-11(14(19)17-9-15(2,3)10-18)20-13-6-4-12(8-16)5-7-13/h4-7,11,18H,9-10H2,1-3H3,(H,17,19). The van der Waals surface area contributed by atoms with Crippen LogP contribution in [0.3, 0.4) is 0 Å². The van der Waals surface area contributed by atoms with Crippen LogP contribution in [0.5, 0.6) is 5.75 Å². The number of nitrogens with one attached hydrogen (secondary N) is 1. The molecule has 108 valence electrons. The molecular weight excluding hydrogens is 256 g/mol. The van der Waals surface area contributed by atoms with E-state index in [0.717, 1.165) is 0 Å². The van der Waals surface area contributed by atoms with Crippen LogP contribution < -0.4 is 10.1 Å². The van der Waals surface area contributed by atoms with Crippen LogP contribution in [0.4, 0.5) is 0 Å². The highest BCUT2D eigenvalue weighted by molar-refractivity contribution is 5.80. The predicted octanol–water partition coefficient (Wildman–Crippen LogP) is 1.46. The minimum absolute atomic E-state index is 0.00185. The first-order chi connectivity index (χ1) is 9.38. The van der Waals surface area contributed by atoms with E-state index in [4.69, 9.17) is 15.1 Å². The molecule has 1 aromatic carbocycles. The maximum absolute atomic E-state index is 11.9. The zero-order valence-corrected chi connectivity index (χ0v) is 12.0. The first-order valence-corrected chi connectivity index (χ1v) is 6.43. The molecule has 0 aromatic heterocycles. The third kappa shape index (κ3) is 4.90. The minimum atomic E-state index is -0.641. The van der Waals surface area contributed by atoms with Crippen molar-refractivity contribution < 1.29 is 14.6 Å². The van der Waals surface area contributed by atoms with Crippen LogP contribution in [0.15, 0.2) is 24.3 Å². The van der Waals surface area contributed by atoms with Gasteiger partial charge in [0.25, 0.3) is 5.91 Å². The molecule has 0 heterocycles. The summed E-state index contributed by atoms with van der Waals surface area (Å²) in [5.41, 5.74) is 0.184. The van der Waals surface area contributed by atoms with Crippen molar-refractivity contribution in [3.8, 4) is 11.8 Å². The molecule has 1 unspecified atom stereocenters. The van der Waals surface area contributed by atoms with Gasteiger partial charge in [0.2, 0.25) is 0 Å². The number of aliphatic hydroxyl groups excluding tert-OH is 1. The first kappa shape index (κ1) is 16.0. The van der Waals surface area contributed by atoms with E-state index in [-0.39, 0.29) is 17.9 Å². The summed E-state index contributed by atoms with van der Waals surface area (Å²) in [6.07, 6.45) is -0.641. The predicted molar refractivity (Wildman–Crippen MR) is 75.1 cm³/mol. The lowest BCUT2D eigenvalue weighted by Crippen LogP contribution is -2.42. The lowest BCUT2D eigenvalue weighted by atomic mass is 9.95. The quantitative estimate of drug-likeness (QED) is 0.824. The van der Waals surface area contributed by atoms with E-state index in [2.05, 4.69) is 5.32 Å². The number of amides is 1. The fourth-order valence-electron chi connectivity index (χ4n) is 1.39. The number of benzene rings is 1. The highest BCUT2D eigenvalue weighted by Gasteiger charge is 2.20. The van der Waals surface area contributed by atoms with Crippen LogP contribution in [0, 0.1) is 16.7 Å². The van der Waals surface area contributed by atoms with Crippen molar-refractivity contribution in [2.75, 3.05) is 13.2 Å². The lowest BCUT2D eigenvalue weighted by Gasteiger charge is -2.23. The molecule has 0 radical (unpaired) electrons. The van der Waals surface area contributed by atoms with E-state index < -0.39 is 6.10 Å². The molecule has 0 fully saturated rings. The van der Waals surface area contributed by atoms with Crippen LogP contribution in [0.1, 0.15) is 26.3 Å². The van der Waals surface area contributed by atoms with Gasteiger partial charge in [-0.15, -0.1) is 0 Å². The Kier molecular flexibility index (Phi) is 5.53. The Morgan fingerprint density at radius 1 is 1.45 bits per heavy atom. The molecule has 2 N–H and O–H groups in total. The van der Waals surface area contributed by atoms with Gasteiger partial charge in [0.1, 0.15) is 5.75 Å². The van der Waals surface area contributed by atoms with Crippen LogP contribution in [0.2, 0.25) is 0 Å². The van der Waals surface area contributed by atoms with E-state index in [1.54, 1.807) is 31.2 Å². The number of nitriles is 1. The van der Waals surface area contributed by atoms with Crippen LogP contribution in [-0.2, 0) is 4.79 Å². The number of aliphatic hydroxyl groups is 1. The number of hydrogen-bond acceptors (Lipinski definition) is 4. The normalized spacial score (nSPS) is 12.3. The molecule has 0 aliphatic carbocycles. The van der Waals surface area contributed by atoms with Gasteiger partial charge in [0.05, 0.1) is 11.6 Å². The van der Waals surface area contributed by atoms with Gasteiger partial charge in [-0.25, -0.2) is 0 Å². The van der Waals surface area contributed by atoms with Crippen molar-refractivity contribution in [3.63, 3.8) is 0 Å². The monoisotopic (exact) mass is 276 g/mol. The summed E-state index contributed by atoms with van der Waals surface area (Å²) in [6.45, 7) is 5.75. The molecule has 0 saturated heterocycles. The number of rotatable bonds is 6. The SMILES string of the molecule is CC(Oc1ccc(C#N)cc1)C(=O)NCC(C)(C)CO. The van der Waals surface area contributed by atoms with Crippen LogP contribution in [-0.4, -0.2) is 30.3 Å². The summed E-state index contributed by atoms with van der Waals surface area (Å²) in [5.74, 6) is 0.295. The van der Waals surface area contributed by atoms with E-state index in [1.165, 1.54) is 0 Å². The second kappa shape index (κ2) is 6.92. The van der Waals surface area contributed by atoms with Crippen LogP contribution >= 0.6 is 0 Å². The number of nitrogens with zero attached hydrogens (tertiary/aromatic N) is 1. The molecule has 5 nitrogen and oxygen atoms in total. The average Bonchev–Trinajstić information content (AvgIpc) is 2.45. The van der Waals surface area contributed by atoms with Crippen molar-refractivity contribution in [2.24, 2.45) is 5.41 Å². The fraction of sp³-hybridized carbons (Fsp3) is 0.467. The number of ether oxygens (including phenoxy) is 1. The van der Waals surface area contributed by atoms with Crippen molar-refractivity contribution in [2.45, 2.75) is 26.9 Å². The number of carbonyl (C=O) groups excluding carboxylic acids is 1. The molecule has 0 bridgehead atoms. The van der Waals surface area contributed by atoms with E-state index in [0.29, 0.717) is 17.9 Å². The van der Waals surface area contributed by atoms with Gasteiger partial charge in [-0.1, -0.05) is 13.8 Å². The lowest BCUT2D eigenvalue weighted by molar-refractivity contribution is -0.127. The smallest absolute Gasteiger partial charge is 0.260 e. The Balaban J connectivity index is 2.51. The maximum Gasteiger partial charge on any atom is 0.260 e. The van der Waals surface area contributed by atoms with Crippen molar-refractivity contribution >= 4 is 5.91 Å². The number of carbonyl (C=O) groups is 1. The maximum atomic E-state index is 11.9. The molecule has 1 amide bonds. The second-order valence-electron chi connectivity index (χ2n) is 5.44. The van der Waals surface area contributed by atoms with Crippen molar-refractivity contribution in [1.82, 2.24) is 5.32 Å². The second-order valence-corrected chi connectivity index (χ2v) is 5.44. The summed E-state index contributed by atoms with van der Waals surface area (Å²) in [5, 5.41) is 20.6. The Hall–Kier alpha value is -2.06. The van der Waals surface area contributed by atoms with Crippen LogP contribution in [0.25, 0.3) is 0 Å². The topological polar surface area (TPSA) is 82.3 Å². The third-order valence-corrected chi connectivity index (χ3v) is 2.83. The molecule has 0 aliphatic heterocycles. The molecule has 5 heteroatoms. The molecule has 0 spiro atoms. The molecular formula is C15H20N2O3. The van der Waals surface area contributed by atoms with E-state index in [1.807, 2.05) is 19.9 Å². The highest BCUT2D eigenvalue weighted by atomic mass is 16.5. The van der Waals surface area contributed by atoms with Gasteiger partial charge >= 0.3 is 0 Å². The van der Waals surface area contributed by atoms with Crippen molar-refractivity contribution in [3.05, 3.63) is 29.8 Å². The van der Waals surface area contributed by atoms with Gasteiger partial charge in [-0.2, -0.15) is 5.26 Å². The Morgan fingerprint density at radius 2 is 2.05 bits per heavy atom. The summed E-state index contributed by atoms with van der Waals surface area (Å²) >= 11 is 0. The Bertz CT molecular complexity index is 489. The number of hydrogen-bond donors (Lipinski definition) is 2. The van der Waals surface area contributed by atoms with E-state index in [9.17, 15) is 4.79 Å². The zero-order valence-electron chi connectivity index (χ0n) is 12.0. The molecule has 1 aromatic rings. The molecule has 1 atom stereocenters.